The number of fused-ring (bicyclic) bond motifs is 10. The molecule has 0 bridgehead atoms. The Morgan fingerprint density at radius 1 is 0.558 bits per heavy atom. The lowest BCUT2D eigenvalue weighted by molar-refractivity contribution is -0.385. The molecule has 0 fully saturated rings. The van der Waals surface area contributed by atoms with Gasteiger partial charge in [-0.2, -0.15) is 5.10 Å². The fraction of sp³-hybridized carbons (Fsp3) is 0.391. The van der Waals surface area contributed by atoms with Gasteiger partial charge in [0.15, 0.2) is 0 Å². The molecule has 0 saturated heterocycles. The molecule has 0 spiro atoms. The maximum absolute atomic E-state index is 12.1. The van der Waals surface area contributed by atoms with Gasteiger partial charge >= 0.3 is 0 Å². The molecule has 450 valence electrons. The zero-order valence-electron chi connectivity index (χ0n) is 50.9. The number of H-pyrrole nitrogens is 2. The summed E-state index contributed by atoms with van der Waals surface area (Å²) in [5.41, 5.74) is 21.4. The Morgan fingerprint density at radius 2 is 1.03 bits per heavy atom. The Morgan fingerprint density at radius 3 is 1.58 bits per heavy atom. The maximum Gasteiger partial charge on any atom is 0.269 e. The standard InChI is InChI=1S/C20H22N4O.C12H14N2O3.C12H16N2O.C10H10N2O3.C10H12N2O2/c1-11(25)24-10-20(2,3)15-8-16-14(7-17(15)24)13-6-4-5-12-9-21-23-18(12)19(13)22-16;1-8(15)13-7-12(2,3)10-6-9(14(16)17)4-5-11(10)13;1-8(15)14-7-12(2,3)10-6-9(13)4-5-11(10)14;1-10(2)7-5-6(12(14)15)3-4-8(7)11-9(10)13;1-10(2)6-11-9-4-3-7(12(13)14)5-8(9)10/h7-9,22H,4-6,10H2,1-3H3,(H,21,23);4-6H,7H2,1-3H3;4-6H,7,13H2,1-3H3;3-5H,1-2H3,(H,11,13);3-5,11H,6H2,1-2H3. The molecule has 0 unspecified atom stereocenters. The topological polar surface area (TPSA) is 302 Å². The van der Waals surface area contributed by atoms with E-state index in [0.29, 0.717) is 17.8 Å². The molecule has 7 heterocycles. The molecule has 13 rings (SSSR count). The van der Waals surface area contributed by atoms with Crippen LogP contribution >= 0.6 is 0 Å². The largest absolute Gasteiger partial charge is 0.399 e. The number of rotatable bonds is 3. The number of nitrogens with zero attached hydrogens (tertiary/aromatic N) is 7. The normalized spacial score (nSPS) is 17.4. The summed E-state index contributed by atoms with van der Waals surface area (Å²) in [7, 11) is 0. The lowest BCUT2D eigenvalue weighted by Crippen LogP contribution is -2.31. The third kappa shape index (κ3) is 11.5. The van der Waals surface area contributed by atoms with Gasteiger partial charge < -0.3 is 36.1 Å². The number of hydrogen-bond acceptors (Lipinski definition) is 13. The first-order valence-electron chi connectivity index (χ1n) is 28.5. The minimum absolute atomic E-state index is 0.00359. The van der Waals surface area contributed by atoms with Crippen molar-refractivity contribution in [3.63, 3.8) is 0 Å². The molecule has 5 aliphatic heterocycles. The average Bonchev–Trinajstić information content (AvgIpc) is 1.92. The van der Waals surface area contributed by atoms with E-state index >= 15 is 0 Å². The summed E-state index contributed by atoms with van der Waals surface area (Å²) in [6, 6.07) is 24.3. The second-order valence-corrected chi connectivity index (χ2v) is 26.0. The Balaban J connectivity index is 0.000000131. The number of aryl methyl sites for hydroxylation is 2. The van der Waals surface area contributed by atoms with Gasteiger partial charge in [0.2, 0.25) is 23.6 Å². The Labute approximate surface area is 498 Å². The van der Waals surface area contributed by atoms with Crippen molar-refractivity contribution in [3.8, 4) is 11.4 Å². The summed E-state index contributed by atoms with van der Waals surface area (Å²) in [5, 5.41) is 46.5. The third-order valence-electron chi connectivity index (χ3n) is 17.3. The van der Waals surface area contributed by atoms with Crippen LogP contribution in [-0.2, 0) is 59.1 Å². The van der Waals surface area contributed by atoms with Crippen molar-refractivity contribution in [2.45, 2.75) is 136 Å². The van der Waals surface area contributed by atoms with Crippen molar-refractivity contribution < 1.29 is 33.9 Å². The molecular formula is C64H74N12O10. The first-order chi connectivity index (χ1) is 40.1. The van der Waals surface area contributed by atoms with E-state index < -0.39 is 15.3 Å². The van der Waals surface area contributed by atoms with E-state index in [4.69, 9.17) is 5.73 Å². The number of hydrogen-bond donors (Lipinski definition) is 5. The van der Waals surface area contributed by atoms with Gasteiger partial charge in [-0.25, -0.2) is 0 Å². The molecule has 4 amide bonds. The van der Waals surface area contributed by atoms with Crippen LogP contribution in [0.4, 0.5) is 51.2 Å². The second kappa shape index (κ2) is 22.2. The monoisotopic (exact) mass is 1170 g/mol. The highest BCUT2D eigenvalue weighted by Crippen LogP contribution is 2.47. The zero-order chi connectivity index (χ0) is 62.9. The Kier molecular flexibility index (Phi) is 15.8. The van der Waals surface area contributed by atoms with Crippen molar-refractivity contribution >= 4 is 85.7 Å². The summed E-state index contributed by atoms with van der Waals surface area (Å²) in [6.45, 7) is 28.0. The number of nitrogen functional groups attached to an aromatic ring is 1. The summed E-state index contributed by atoms with van der Waals surface area (Å²) >= 11 is 0. The SMILES string of the molecule is CC(=O)N1CC(C)(C)c2cc(N)ccc21.CC(=O)N1CC(C)(C)c2cc([N+](=O)[O-])ccc21.CC(=O)N1CC(C)(C)c2cc3[nH]c4c(c3cc21)CCCc1cn[nH]c1-4.CC1(C)C(=O)Nc2ccc([N+](=O)[O-])cc21.CC1(C)CNc2ccc([N+](=O)[O-])cc21. The van der Waals surface area contributed by atoms with E-state index in [-0.39, 0.29) is 67.3 Å². The lowest BCUT2D eigenvalue weighted by Gasteiger charge is -2.19. The molecule has 6 aliphatic rings. The van der Waals surface area contributed by atoms with E-state index in [1.807, 2.05) is 48.0 Å². The molecule has 22 heteroatoms. The van der Waals surface area contributed by atoms with Crippen LogP contribution in [0.5, 0.6) is 0 Å². The first kappa shape index (κ1) is 61.1. The highest BCUT2D eigenvalue weighted by molar-refractivity contribution is 6.06. The van der Waals surface area contributed by atoms with Gasteiger partial charge in [0, 0.05) is 150 Å². The van der Waals surface area contributed by atoms with Crippen molar-refractivity contribution in [3.05, 3.63) is 160 Å². The minimum Gasteiger partial charge on any atom is -0.399 e. The number of aromatic nitrogens is 3. The lowest BCUT2D eigenvalue weighted by atomic mass is 9.86. The Bertz CT molecular complexity index is 3960. The zero-order valence-corrected chi connectivity index (χ0v) is 50.9. The van der Waals surface area contributed by atoms with Crippen LogP contribution in [0.15, 0.2) is 91.1 Å². The van der Waals surface area contributed by atoms with Crippen LogP contribution in [0.25, 0.3) is 22.3 Å². The molecule has 1 aliphatic carbocycles. The van der Waals surface area contributed by atoms with Gasteiger partial charge in [-0.15, -0.1) is 0 Å². The van der Waals surface area contributed by atoms with Crippen LogP contribution < -0.4 is 31.1 Å². The number of nitrogens with one attached hydrogen (secondary N) is 4. The van der Waals surface area contributed by atoms with Crippen LogP contribution in [0.3, 0.4) is 0 Å². The number of non-ortho nitro benzene ring substituents is 3. The number of carbonyl (C=O) groups is 4. The summed E-state index contributed by atoms with van der Waals surface area (Å²) in [5.74, 6) is 0.0407. The van der Waals surface area contributed by atoms with Crippen molar-refractivity contribution in [2.24, 2.45) is 0 Å². The number of nitrogens with two attached hydrogens (primary N) is 1. The summed E-state index contributed by atoms with van der Waals surface area (Å²) in [4.78, 5) is 86.4. The molecular weight excluding hydrogens is 1100 g/mol. The molecule has 7 aromatic rings. The van der Waals surface area contributed by atoms with Crippen molar-refractivity contribution in [1.82, 2.24) is 15.2 Å². The van der Waals surface area contributed by atoms with Crippen LogP contribution in [0, 0.1) is 30.3 Å². The van der Waals surface area contributed by atoms with Gasteiger partial charge in [0.05, 0.1) is 37.8 Å². The van der Waals surface area contributed by atoms with E-state index in [1.54, 1.807) is 62.9 Å². The number of nitro benzene ring substituents is 3. The number of anilines is 6. The van der Waals surface area contributed by atoms with Gasteiger partial charge in [0.25, 0.3) is 17.1 Å². The summed E-state index contributed by atoms with van der Waals surface area (Å²) < 4.78 is 0. The number of amides is 4. The molecule has 6 N–H and O–H groups in total. The highest BCUT2D eigenvalue weighted by Gasteiger charge is 2.42. The predicted molar refractivity (Wildman–Crippen MR) is 334 cm³/mol. The fourth-order valence-electron chi connectivity index (χ4n) is 12.4. The van der Waals surface area contributed by atoms with E-state index in [2.05, 4.69) is 79.5 Å². The first-order valence-corrected chi connectivity index (χ1v) is 28.5. The van der Waals surface area contributed by atoms with Gasteiger partial charge in [0.1, 0.15) is 0 Å². The highest BCUT2D eigenvalue weighted by atomic mass is 16.6. The quantitative estimate of drug-likeness (QED) is 0.0625. The maximum atomic E-state index is 12.1. The minimum atomic E-state index is -0.693. The number of carbonyl (C=O) groups excluding carboxylic acids is 4. The molecule has 86 heavy (non-hydrogen) atoms. The molecule has 0 atom stereocenters. The fourth-order valence-corrected chi connectivity index (χ4v) is 12.4. The number of aromatic amines is 2. The van der Waals surface area contributed by atoms with E-state index in [0.717, 1.165) is 101 Å². The van der Waals surface area contributed by atoms with Gasteiger partial charge in [-0.05, 0) is 121 Å². The van der Waals surface area contributed by atoms with Crippen molar-refractivity contribution in [2.75, 3.05) is 57.2 Å². The van der Waals surface area contributed by atoms with E-state index in [9.17, 15) is 49.5 Å². The number of nitro groups is 3. The average molecular weight is 1170 g/mol. The van der Waals surface area contributed by atoms with Crippen LogP contribution in [0.1, 0.15) is 135 Å². The molecule has 5 aromatic carbocycles. The van der Waals surface area contributed by atoms with Crippen LogP contribution in [0.2, 0.25) is 0 Å². The van der Waals surface area contributed by atoms with Gasteiger partial charge in [-0.1, -0.05) is 55.4 Å². The molecule has 2 aromatic heterocycles. The van der Waals surface area contributed by atoms with E-state index in [1.165, 1.54) is 53.3 Å². The number of benzene rings is 5. The third-order valence-corrected chi connectivity index (χ3v) is 17.3. The smallest absolute Gasteiger partial charge is 0.269 e. The van der Waals surface area contributed by atoms with Gasteiger partial charge in [-0.3, -0.25) is 54.6 Å². The summed E-state index contributed by atoms with van der Waals surface area (Å²) in [6.07, 6.45) is 5.15. The van der Waals surface area contributed by atoms with Crippen molar-refractivity contribution in [1.29, 1.82) is 0 Å². The Hall–Kier alpha value is -9.47. The second-order valence-electron chi connectivity index (χ2n) is 26.0. The molecule has 0 saturated carbocycles. The molecule has 0 radical (unpaired) electrons. The van der Waals surface area contributed by atoms with Crippen LogP contribution in [-0.4, -0.2) is 79.8 Å². The predicted octanol–water partition coefficient (Wildman–Crippen LogP) is 12.0. The molecule has 22 nitrogen and oxygen atoms in total.